The van der Waals surface area contributed by atoms with Crippen LogP contribution >= 0.6 is 31.9 Å². The van der Waals surface area contributed by atoms with E-state index in [1.165, 1.54) is 6.07 Å². The lowest BCUT2D eigenvalue weighted by molar-refractivity contribution is 0.422. The van der Waals surface area contributed by atoms with Crippen LogP contribution in [0.4, 0.5) is 8.78 Å². The Balaban J connectivity index is 2.43. The monoisotopic (exact) mass is 407 g/mol. The molecule has 1 aromatic carbocycles. The zero-order chi connectivity index (χ0) is 14.7. The van der Waals surface area contributed by atoms with Gasteiger partial charge in [-0.25, -0.2) is 8.78 Å². The van der Waals surface area contributed by atoms with Crippen LogP contribution in [0, 0.1) is 11.6 Å². The fraction of sp³-hybridized carbons (Fsp3) is 0.286. The Morgan fingerprint density at radius 2 is 1.95 bits per heavy atom. The second-order valence-corrected chi connectivity index (χ2v) is 5.95. The van der Waals surface area contributed by atoms with Gasteiger partial charge in [-0.3, -0.25) is 0 Å². The first-order chi connectivity index (χ1) is 9.52. The van der Waals surface area contributed by atoms with E-state index in [-0.39, 0.29) is 10.0 Å². The van der Waals surface area contributed by atoms with Crippen LogP contribution in [0.25, 0.3) is 0 Å². The first kappa shape index (κ1) is 15.7. The Hall–Kier alpha value is -0.720. The van der Waals surface area contributed by atoms with Crippen molar-refractivity contribution >= 4 is 31.9 Å². The zero-order valence-electron chi connectivity index (χ0n) is 10.7. The molecule has 0 saturated heterocycles. The lowest BCUT2D eigenvalue weighted by atomic mass is 10.0. The molecule has 0 aliphatic heterocycles. The molecule has 1 N–H and O–H groups in total. The van der Waals surface area contributed by atoms with E-state index in [9.17, 15) is 8.78 Å². The number of rotatable bonds is 5. The van der Waals surface area contributed by atoms with Gasteiger partial charge in [-0.2, -0.15) is 0 Å². The molecular formula is C14H13Br2F2NO. The van der Waals surface area contributed by atoms with Crippen LogP contribution < -0.4 is 5.32 Å². The van der Waals surface area contributed by atoms with E-state index >= 15 is 0 Å². The summed E-state index contributed by atoms with van der Waals surface area (Å²) < 4.78 is 33.9. The molecule has 2 rings (SSSR count). The van der Waals surface area contributed by atoms with Crippen molar-refractivity contribution in [3.8, 4) is 0 Å². The normalized spacial score (nSPS) is 12.7. The Kier molecular flexibility index (Phi) is 5.35. The molecule has 0 amide bonds. The maximum atomic E-state index is 14.1. The molecule has 0 fully saturated rings. The summed E-state index contributed by atoms with van der Waals surface area (Å²) in [6.07, 6.45) is 0.874. The predicted molar refractivity (Wildman–Crippen MR) is 80.6 cm³/mol. The predicted octanol–water partition coefficient (Wildman–Crippen LogP) is 5.17. The molecule has 0 bridgehead atoms. The van der Waals surface area contributed by atoms with Crippen molar-refractivity contribution in [2.75, 3.05) is 6.54 Å². The number of benzene rings is 1. The smallest absolute Gasteiger partial charge is 0.169 e. The molecule has 0 saturated carbocycles. The van der Waals surface area contributed by atoms with Gasteiger partial charge in [-0.15, -0.1) is 0 Å². The summed E-state index contributed by atoms with van der Waals surface area (Å²) in [5, 5.41) is 3.17. The quantitative estimate of drug-likeness (QED) is 0.690. The topological polar surface area (TPSA) is 25.2 Å². The molecule has 0 spiro atoms. The molecule has 1 unspecified atom stereocenters. The van der Waals surface area contributed by atoms with E-state index in [2.05, 4.69) is 37.2 Å². The van der Waals surface area contributed by atoms with Crippen LogP contribution in [0.3, 0.4) is 0 Å². The first-order valence-electron chi connectivity index (χ1n) is 6.16. The molecule has 0 radical (unpaired) electrons. The van der Waals surface area contributed by atoms with Crippen molar-refractivity contribution in [2.24, 2.45) is 0 Å². The number of halogens is 4. The van der Waals surface area contributed by atoms with Crippen molar-refractivity contribution in [2.45, 2.75) is 19.4 Å². The number of hydrogen-bond donors (Lipinski definition) is 1. The van der Waals surface area contributed by atoms with E-state index in [1.807, 2.05) is 6.92 Å². The maximum absolute atomic E-state index is 14.1. The van der Waals surface area contributed by atoms with Gasteiger partial charge in [-0.05, 0) is 69.1 Å². The summed E-state index contributed by atoms with van der Waals surface area (Å²) in [5.74, 6) is -0.458. The minimum absolute atomic E-state index is 0.105. The van der Waals surface area contributed by atoms with Gasteiger partial charge in [0.25, 0.3) is 0 Å². The average molecular weight is 409 g/mol. The van der Waals surface area contributed by atoms with Crippen LogP contribution in [0.5, 0.6) is 0 Å². The van der Waals surface area contributed by atoms with E-state index in [0.717, 1.165) is 12.5 Å². The van der Waals surface area contributed by atoms with Crippen LogP contribution in [0.1, 0.15) is 30.7 Å². The lowest BCUT2D eigenvalue weighted by Crippen LogP contribution is -2.24. The first-order valence-corrected chi connectivity index (χ1v) is 7.74. The lowest BCUT2D eigenvalue weighted by Gasteiger charge is -2.18. The summed E-state index contributed by atoms with van der Waals surface area (Å²) in [4.78, 5) is 0. The van der Waals surface area contributed by atoms with Crippen LogP contribution in [-0.2, 0) is 0 Å². The fourth-order valence-corrected chi connectivity index (χ4v) is 2.53. The standard InChI is InChI=1S/C14H13Br2F2NO/c1-2-5-19-14(12-3-4-13(16)20-12)8-6-11(18)9(15)7-10(8)17/h3-4,6-7,14,19H,2,5H2,1H3. The van der Waals surface area contributed by atoms with Crippen LogP contribution in [0.2, 0.25) is 0 Å². The zero-order valence-corrected chi connectivity index (χ0v) is 13.9. The SMILES string of the molecule is CCCNC(c1ccc(Br)o1)c1cc(F)c(Br)cc1F. The molecular weight excluding hydrogens is 396 g/mol. The number of furan rings is 1. The molecule has 20 heavy (non-hydrogen) atoms. The molecule has 108 valence electrons. The summed E-state index contributed by atoms with van der Waals surface area (Å²) >= 11 is 6.19. The average Bonchev–Trinajstić information content (AvgIpc) is 2.82. The summed E-state index contributed by atoms with van der Waals surface area (Å²) in [6.45, 7) is 2.67. The highest BCUT2D eigenvalue weighted by atomic mass is 79.9. The summed E-state index contributed by atoms with van der Waals surface area (Å²) in [6, 6.07) is 5.25. The van der Waals surface area contributed by atoms with Gasteiger partial charge < -0.3 is 9.73 Å². The third-order valence-electron chi connectivity index (χ3n) is 2.83. The molecule has 6 heteroatoms. The van der Waals surface area contributed by atoms with E-state index in [1.54, 1.807) is 12.1 Å². The van der Waals surface area contributed by atoms with Crippen molar-refractivity contribution < 1.29 is 13.2 Å². The van der Waals surface area contributed by atoms with Gasteiger partial charge in [0.1, 0.15) is 17.4 Å². The molecule has 2 aromatic rings. The second-order valence-electron chi connectivity index (χ2n) is 4.32. The minimum Gasteiger partial charge on any atom is -0.452 e. The third kappa shape index (κ3) is 3.48. The highest BCUT2D eigenvalue weighted by Gasteiger charge is 2.22. The van der Waals surface area contributed by atoms with Gasteiger partial charge >= 0.3 is 0 Å². The maximum Gasteiger partial charge on any atom is 0.169 e. The minimum atomic E-state index is -0.524. The van der Waals surface area contributed by atoms with Gasteiger partial charge in [-0.1, -0.05) is 6.92 Å². The molecule has 0 aliphatic carbocycles. The molecule has 1 atom stereocenters. The Morgan fingerprint density at radius 3 is 2.55 bits per heavy atom. The highest BCUT2D eigenvalue weighted by molar-refractivity contribution is 9.10. The Labute approximate surface area is 132 Å². The molecule has 1 aromatic heterocycles. The fourth-order valence-electron chi connectivity index (χ4n) is 1.90. The van der Waals surface area contributed by atoms with Crippen LogP contribution in [-0.4, -0.2) is 6.54 Å². The largest absolute Gasteiger partial charge is 0.452 e. The van der Waals surface area contributed by atoms with E-state index in [4.69, 9.17) is 4.42 Å². The van der Waals surface area contributed by atoms with Gasteiger partial charge in [0.05, 0.1) is 10.5 Å². The van der Waals surface area contributed by atoms with Crippen molar-refractivity contribution in [3.05, 3.63) is 56.4 Å². The van der Waals surface area contributed by atoms with E-state index < -0.39 is 17.7 Å². The third-order valence-corrected chi connectivity index (χ3v) is 3.86. The van der Waals surface area contributed by atoms with Crippen molar-refractivity contribution in [3.63, 3.8) is 0 Å². The number of nitrogens with one attached hydrogen (secondary N) is 1. The molecule has 0 aliphatic rings. The van der Waals surface area contributed by atoms with Crippen LogP contribution in [0.15, 0.2) is 37.8 Å². The Bertz CT molecular complexity index is 601. The van der Waals surface area contributed by atoms with Gasteiger partial charge in [0, 0.05) is 5.56 Å². The number of hydrogen-bond acceptors (Lipinski definition) is 2. The second kappa shape index (κ2) is 6.83. The van der Waals surface area contributed by atoms with Gasteiger partial charge in [0.2, 0.25) is 0 Å². The molecule has 2 nitrogen and oxygen atoms in total. The Morgan fingerprint density at radius 1 is 1.20 bits per heavy atom. The van der Waals surface area contributed by atoms with Crippen molar-refractivity contribution in [1.29, 1.82) is 0 Å². The van der Waals surface area contributed by atoms with Crippen molar-refractivity contribution in [1.82, 2.24) is 5.32 Å². The van der Waals surface area contributed by atoms with E-state index in [0.29, 0.717) is 17.0 Å². The van der Waals surface area contributed by atoms with Gasteiger partial charge in [0.15, 0.2) is 4.67 Å². The summed E-state index contributed by atoms with van der Waals surface area (Å²) in [7, 11) is 0. The summed E-state index contributed by atoms with van der Waals surface area (Å²) in [5.41, 5.74) is 0.223. The molecule has 1 heterocycles. The highest BCUT2D eigenvalue weighted by Crippen LogP contribution is 2.30.